The van der Waals surface area contributed by atoms with E-state index in [-0.39, 0.29) is 0 Å². The lowest BCUT2D eigenvalue weighted by molar-refractivity contribution is 0.127. The lowest BCUT2D eigenvalue weighted by atomic mass is 9.82. The predicted octanol–water partition coefficient (Wildman–Crippen LogP) is 2.78. The second kappa shape index (κ2) is 5.93. The van der Waals surface area contributed by atoms with E-state index in [2.05, 4.69) is 36.9 Å². The van der Waals surface area contributed by atoms with Crippen molar-refractivity contribution < 1.29 is 4.74 Å². The molecule has 2 N–H and O–H groups in total. The Morgan fingerprint density at radius 3 is 2.53 bits per heavy atom. The second-order valence-electron chi connectivity index (χ2n) is 6.29. The molecule has 19 heavy (non-hydrogen) atoms. The van der Waals surface area contributed by atoms with E-state index in [1.54, 1.807) is 7.11 Å². The third-order valence-electron chi connectivity index (χ3n) is 4.19. The number of nitrogens with zero attached hydrogens (tertiary/aromatic N) is 1. The lowest BCUT2D eigenvalue weighted by Crippen LogP contribution is -2.36. The molecule has 0 aliphatic carbocycles. The highest BCUT2D eigenvalue weighted by atomic mass is 16.5. The molecule has 1 fully saturated rings. The minimum atomic E-state index is 0.512. The van der Waals surface area contributed by atoms with Gasteiger partial charge in [-0.25, -0.2) is 0 Å². The predicted molar refractivity (Wildman–Crippen MR) is 79.2 cm³/mol. The van der Waals surface area contributed by atoms with Crippen molar-refractivity contribution in [3.8, 4) is 5.75 Å². The van der Waals surface area contributed by atoms with Gasteiger partial charge in [0.2, 0.25) is 0 Å². The fourth-order valence-corrected chi connectivity index (χ4v) is 2.63. The normalized spacial score (nSPS) is 19.4. The molecule has 0 spiro atoms. The largest absolute Gasteiger partial charge is 0.496 e. The first-order valence-electron chi connectivity index (χ1n) is 7.12. The summed E-state index contributed by atoms with van der Waals surface area (Å²) in [4.78, 5) is 2.53. The third-order valence-corrected chi connectivity index (χ3v) is 4.19. The van der Waals surface area contributed by atoms with Crippen LogP contribution >= 0.6 is 0 Å². The van der Waals surface area contributed by atoms with Gasteiger partial charge in [-0.1, -0.05) is 26.0 Å². The summed E-state index contributed by atoms with van der Waals surface area (Å²) in [5, 5.41) is 0. The van der Waals surface area contributed by atoms with Crippen LogP contribution in [0.25, 0.3) is 0 Å². The maximum Gasteiger partial charge on any atom is 0.123 e. The van der Waals surface area contributed by atoms with Crippen LogP contribution in [-0.4, -0.2) is 25.1 Å². The van der Waals surface area contributed by atoms with Gasteiger partial charge < -0.3 is 10.5 Å². The molecule has 0 unspecified atom stereocenters. The van der Waals surface area contributed by atoms with Crippen molar-refractivity contribution >= 4 is 0 Å². The molecule has 3 heteroatoms. The molecule has 0 bridgehead atoms. The van der Waals surface area contributed by atoms with Crippen LogP contribution in [0.1, 0.15) is 37.8 Å². The number of hydrogen-bond acceptors (Lipinski definition) is 3. The molecule has 1 aromatic carbocycles. The Labute approximate surface area is 116 Å². The fourth-order valence-electron chi connectivity index (χ4n) is 2.63. The molecule has 0 atom stereocenters. The van der Waals surface area contributed by atoms with Gasteiger partial charge in [0.05, 0.1) is 7.11 Å². The zero-order chi connectivity index (χ0) is 13.9. The smallest absolute Gasteiger partial charge is 0.123 e. The molecular weight excluding hydrogens is 236 g/mol. The van der Waals surface area contributed by atoms with Gasteiger partial charge in [0.15, 0.2) is 0 Å². The summed E-state index contributed by atoms with van der Waals surface area (Å²) in [6, 6.07) is 6.38. The Kier molecular flexibility index (Phi) is 4.48. The van der Waals surface area contributed by atoms with Crippen molar-refractivity contribution in [1.82, 2.24) is 4.90 Å². The molecule has 0 radical (unpaired) electrons. The summed E-state index contributed by atoms with van der Waals surface area (Å²) < 4.78 is 5.40. The molecule has 0 saturated carbocycles. The first-order valence-corrected chi connectivity index (χ1v) is 7.12. The van der Waals surface area contributed by atoms with E-state index in [0.717, 1.165) is 17.9 Å². The third kappa shape index (κ3) is 3.71. The van der Waals surface area contributed by atoms with Crippen LogP contribution in [0, 0.1) is 5.41 Å². The van der Waals surface area contributed by atoms with Gasteiger partial charge in [-0.3, -0.25) is 4.90 Å². The average molecular weight is 262 g/mol. The number of ether oxygens (including phenoxy) is 1. The van der Waals surface area contributed by atoms with Crippen LogP contribution in [-0.2, 0) is 13.1 Å². The van der Waals surface area contributed by atoms with Gasteiger partial charge in [-0.2, -0.15) is 0 Å². The van der Waals surface area contributed by atoms with Crippen LogP contribution in [0.3, 0.4) is 0 Å². The minimum absolute atomic E-state index is 0.512. The van der Waals surface area contributed by atoms with Crippen molar-refractivity contribution in [2.75, 3.05) is 20.2 Å². The van der Waals surface area contributed by atoms with Crippen molar-refractivity contribution in [3.63, 3.8) is 0 Å². The average Bonchev–Trinajstić information content (AvgIpc) is 2.41. The van der Waals surface area contributed by atoms with E-state index < -0.39 is 0 Å². The standard InChI is InChI=1S/C16H26N2O/c1-16(2)6-8-18(9-7-16)12-13-4-5-14(11-17)15(10-13)19-3/h4-5,10H,6-9,11-12,17H2,1-3H3. The highest BCUT2D eigenvalue weighted by Gasteiger charge is 2.25. The Morgan fingerprint density at radius 2 is 1.95 bits per heavy atom. The first kappa shape index (κ1) is 14.4. The Balaban J connectivity index is 2.00. The van der Waals surface area contributed by atoms with E-state index >= 15 is 0 Å². The molecule has 1 aliphatic heterocycles. The number of benzene rings is 1. The lowest BCUT2D eigenvalue weighted by Gasteiger charge is -2.37. The van der Waals surface area contributed by atoms with Crippen LogP contribution in [0.4, 0.5) is 0 Å². The van der Waals surface area contributed by atoms with Gasteiger partial charge in [0.25, 0.3) is 0 Å². The topological polar surface area (TPSA) is 38.5 Å². The summed E-state index contributed by atoms with van der Waals surface area (Å²) in [7, 11) is 1.71. The van der Waals surface area contributed by atoms with E-state index in [4.69, 9.17) is 10.5 Å². The van der Waals surface area contributed by atoms with Crippen molar-refractivity contribution in [3.05, 3.63) is 29.3 Å². The first-order chi connectivity index (χ1) is 9.04. The Morgan fingerprint density at radius 1 is 1.26 bits per heavy atom. The number of piperidine rings is 1. The number of hydrogen-bond donors (Lipinski definition) is 1. The highest BCUT2D eigenvalue weighted by molar-refractivity contribution is 5.37. The van der Waals surface area contributed by atoms with Crippen LogP contribution in [0.2, 0.25) is 0 Å². The van der Waals surface area contributed by atoms with E-state index in [1.807, 2.05) is 0 Å². The van der Waals surface area contributed by atoms with Crippen molar-refractivity contribution in [2.24, 2.45) is 11.1 Å². The fraction of sp³-hybridized carbons (Fsp3) is 0.625. The molecule has 0 amide bonds. The molecule has 3 nitrogen and oxygen atoms in total. The number of nitrogens with two attached hydrogens (primary N) is 1. The Hall–Kier alpha value is -1.06. The van der Waals surface area contributed by atoms with E-state index in [9.17, 15) is 0 Å². The molecule has 1 saturated heterocycles. The molecule has 1 heterocycles. The molecule has 1 aromatic rings. The van der Waals surface area contributed by atoms with Crippen molar-refractivity contribution in [1.29, 1.82) is 0 Å². The van der Waals surface area contributed by atoms with Gasteiger partial charge in [-0.15, -0.1) is 0 Å². The van der Waals surface area contributed by atoms with Crippen LogP contribution < -0.4 is 10.5 Å². The monoisotopic (exact) mass is 262 g/mol. The molecular formula is C16H26N2O. The number of rotatable bonds is 4. The van der Waals surface area contributed by atoms with Gasteiger partial charge >= 0.3 is 0 Å². The van der Waals surface area contributed by atoms with Crippen LogP contribution in [0.15, 0.2) is 18.2 Å². The summed E-state index contributed by atoms with van der Waals surface area (Å²) in [5.41, 5.74) is 8.60. The van der Waals surface area contributed by atoms with Crippen LogP contribution in [0.5, 0.6) is 5.75 Å². The SMILES string of the molecule is COc1cc(CN2CCC(C)(C)CC2)ccc1CN. The number of likely N-dealkylation sites (tertiary alicyclic amines) is 1. The van der Waals surface area contributed by atoms with Crippen molar-refractivity contribution in [2.45, 2.75) is 39.8 Å². The van der Waals surface area contributed by atoms with Gasteiger partial charge in [0.1, 0.15) is 5.75 Å². The zero-order valence-electron chi connectivity index (χ0n) is 12.4. The summed E-state index contributed by atoms with van der Waals surface area (Å²) >= 11 is 0. The maximum atomic E-state index is 5.70. The molecule has 106 valence electrons. The molecule has 1 aliphatic rings. The van der Waals surface area contributed by atoms with Gasteiger partial charge in [-0.05, 0) is 43.0 Å². The minimum Gasteiger partial charge on any atom is -0.496 e. The van der Waals surface area contributed by atoms with Gasteiger partial charge in [0, 0.05) is 18.7 Å². The second-order valence-corrected chi connectivity index (χ2v) is 6.29. The number of methoxy groups -OCH3 is 1. The maximum absolute atomic E-state index is 5.70. The molecule has 2 rings (SSSR count). The summed E-state index contributed by atoms with van der Waals surface area (Å²) in [6.45, 7) is 8.65. The Bertz CT molecular complexity index is 419. The highest BCUT2D eigenvalue weighted by Crippen LogP contribution is 2.30. The zero-order valence-corrected chi connectivity index (χ0v) is 12.4. The van der Waals surface area contributed by atoms with E-state index in [0.29, 0.717) is 12.0 Å². The summed E-state index contributed by atoms with van der Waals surface area (Å²) in [6.07, 6.45) is 2.57. The van der Waals surface area contributed by atoms with E-state index in [1.165, 1.54) is 31.5 Å². The summed E-state index contributed by atoms with van der Waals surface area (Å²) in [5.74, 6) is 0.914. The quantitative estimate of drug-likeness (QED) is 0.907. The molecule has 0 aromatic heterocycles.